The number of carbonyl (C=O) groups is 3. The van der Waals surface area contributed by atoms with Crippen LogP contribution in [0.25, 0.3) is 0 Å². The van der Waals surface area contributed by atoms with Crippen LogP contribution in [0.5, 0.6) is 0 Å². The van der Waals surface area contributed by atoms with Crippen LogP contribution < -0.4 is 10.2 Å². The molecule has 1 heterocycles. The summed E-state index contributed by atoms with van der Waals surface area (Å²) >= 11 is 5.89. The van der Waals surface area contributed by atoms with Crippen LogP contribution in [-0.4, -0.2) is 30.9 Å². The molecule has 2 amide bonds. The van der Waals surface area contributed by atoms with Crippen molar-refractivity contribution < 1.29 is 19.1 Å². The standard InChI is InChI=1S/C23H25ClN2O4/c1-3-15-7-5-8-16(4-2)22(15)26-13-17(11-21(26)28)23(29)30-14-20(27)25-19-10-6-9-18(24)12-19/h5-10,12,17H,3-4,11,13-14H2,1-2H3,(H,25,27)/t17-/m0/s1. The summed E-state index contributed by atoms with van der Waals surface area (Å²) in [5.74, 6) is -1.70. The van der Waals surface area contributed by atoms with Gasteiger partial charge in [-0.2, -0.15) is 0 Å². The predicted octanol–water partition coefficient (Wildman–Crippen LogP) is 4.00. The summed E-state index contributed by atoms with van der Waals surface area (Å²) < 4.78 is 5.17. The first kappa shape index (κ1) is 21.8. The minimum absolute atomic E-state index is 0.0793. The largest absolute Gasteiger partial charge is 0.455 e. The number of ether oxygens (including phenoxy) is 1. The number of nitrogens with zero attached hydrogens (tertiary/aromatic N) is 1. The number of anilines is 2. The summed E-state index contributed by atoms with van der Waals surface area (Å²) in [6.07, 6.45) is 1.67. The Balaban J connectivity index is 1.61. The summed E-state index contributed by atoms with van der Waals surface area (Å²) in [5, 5.41) is 3.12. The van der Waals surface area contributed by atoms with Crippen molar-refractivity contribution >= 4 is 40.8 Å². The molecule has 1 N–H and O–H groups in total. The Morgan fingerprint density at radius 1 is 1.13 bits per heavy atom. The van der Waals surface area contributed by atoms with Gasteiger partial charge in [-0.05, 0) is 42.2 Å². The number of hydrogen-bond donors (Lipinski definition) is 1. The van der Waals surface area contributed by atoms with Crippen molar-refractivity contribution in [2.75, 3.05) is 23.4 Å². The maximum absolute atomic E-state index is 12.7. The lowest BCUT2D eigenvalue weighted by atomic mass is 10.0. The number of carbonyl (C=O) groups excluding carboxylic acids is 3. The van der Waals surface area contributed by atoms with Gasteiger partial charge >= 0.3 is 5.97 Å². The van der Waals surface area contributed by atoms with Crippen LogP contribution in [-0.2, 0) is 32.0 Å². The second-order valence-electron chi connectivity index (χ2n) is 7.20. The smallest absolute Gasteiger partial charge is 0.311 e. The summed E-state index contributed by atoms with van der Waals surface area (Å²) in [5.41, 5.74) is 3.59. The van der Waals surface area contributed by atoms with Gasteiger partial charge in [-0.15, -0.1) is 0 Å². The fourth-order valence-corrected chi connectivity index (χ4v) is 3.85. The molecule has 0 aromatic heterocycles. The van der Waals surface area contributed by atoms with Crippen molar-refractivity contribution in [3.8, 4) is 0 Å². The third-order valence-corrected chi connectivity index (χ3v) is 5.38. The molecule has 1 saturated heterocycles. The number of rotatable bonds is 7. The normalized spacial score (nSPS) is 15.9. The third kappa shape index (κ3) is 5.00. The molecule has 1 aliphatic heterocycles. The number of hydrogen-bond acceptors (Lipinski definition) is 4. The zero-order valence-corrected chi connectivity index (χ0v) is 17.9. The Labute approximate surface area is 181 Å². The molecule has 0 unspecified atom stereocenters. The van der Waals surface area contributed by atoms with E-state index < -0.39 is 24.4 Å². The first-order valence-electron chi connectivity index (χ1n) is 10.1. The van der Waals surface area contributed by atoms with Gasteiger partial charge in [0.25, 0.3) is 5.91 Å². The first-order chi connectivity index (χ1) is 14.4. The van der Waals surface area contributed by atoms with E-state index in [4.69, 9.17) is 16.3 Å². The Morgan fingerprint density at radius 2 is 1.80 bits per heavy atom. The highest BCUT2D eigenvalue weighted by atomic mass is 35.5. The van der Waals surface area contributed by atoms with E-state index in [1.54, 1.807) is 29.2 Å². The van der Waals surface area contributed by atoms with E-state index in [-0.39, 0.29) is 18.9 Å². The molecule has 6 nitrogen and oxygen atoms in total. The molecule has 30 heavy (non-hydrogen) atoms. The molecule has 158 valence electrons. The van der Waals surface area contributed by atoms with Gasteiger partial charge in [0.1, 0.15) is 0 Å². The summed E-state index contributed by atoms with van der Waals surface area (Å²) in [7, 11) is 0. The molecule has 0 radical (unpaired) electrons. The van der Waals surface area contributed by atoms with Crippen LogP contribution in [0.15, 0.2) is 42.5 Å². The Bertz CT molecular complexity index is 938. The van der Waals surface area contributed by atoms with Crippen molar-refractivity contribution in [1.29, 1.82) is 0 Å². The average molecular weight is 429 g/mol. The van der Waals surface area contributed by atoms with Crippen LogP contribution in [0.2, 0.25) is 5.02 Å². The average Bonchev–Trinajstić information content (AvgIpc) is 3.12. The van der Waals surface area contributed by atoms with Gasteiger partial charge in [0.15, 0.2) is 6.61 Å². The van der Waals surface area contributed by atoms with Crippen LogP contribution in [0.4, 0.5) is 11.4 Å². The van der Waals surface area contributed by atoms with Gasteiger partial charge in [-0.3, -0.25) is 14.4 Å². The number of amides is 2. The Kier molecular flexibility index (Phi) is 7.11. The van der Waals surface area contributed by atoms with Crippen LogP contribution >= 0.6 is 11.6 Å². The first-order valence-corrected chi connectivity index (χ1v) is 10.4. The van der Waals surface area contributed by atoms with Gasteiger partial charge in [0.05, 0.1) is 5.92 Å². The topological polar surface area (TPSA) is 75.7 Å². The van der Waals surface area contributed by atoms with Gasteiger partial charge in [0, 0.05) is 29.4 Å². The van der Waals surface area contributed by atoms with Gasteiger partial charge in [-0.1, -0.05) is 49.7 Å². The van der Waals surface area contributed by atoms with Crippen molar-refractivity contribution in [3.05, 3.63) is 58.6 Å². The van der Waals surface area contributed by atoms with Gasteiger partial charge in [-0.25, -0.2) is 0 Å². The van der Waals surface area contributed by atoms with Crippen LogP contribution in [0.1, 0.15) is 31.4 Å². The zero-order chi connectivity index (χ0) is 21.7. The fraction of sp³-hybridized carbons (Fsp3) is 0.348. The molecule has 1 aliphatic rings. The summed E-state index contributed by atoms with van der Waals surface area (Å²) in [4.78, 5) is 38.9. The monoisotopic (exact) mass is 428 g/mol. The molecule has 3 rings (SSSR count). The molecule has 0 spiro atoms. The van der Waals surface area contributed by atoms with E-state index in [9.17, 15) is 14.4 Å². The van der Waals surface area contributed by atoms with Crippen LogP contribution in [0.3, 0.4) is 0 Å². The van der Waals surface area contributed by atoms with E-state index in [1.807, 2.05) is 32.0 Å². The molecule has 2 aromatic carbocycles. The summed E-state index contributed by atoms with van der Waals surface area (Å²) in [6, 6.07) is 12.7. The molecular formula is C23H25ClN2O4. The molecule has 1 atom stereocenters. The highest BCUT2D eigenvalue weighted by Crippen LogP contribution is 2.32. The van der Waals surface area contributed by atoms with Gasteiger partial charge < -0.3 is 15.0 Å². The van der Waals surface area contributed by atoms with Crippen molar-refractivity contribution in [1.82, 2.24) is 0 Å². The van der Waals surface area contributed by atoms with Crippen molar-refractivity contribution in [3.63, 3.8) is 0 Å². The second-order valence-corrected chi connectivity index (χ2v) is 7.64. The molecule has 2 aromatic rings. The number of aryl methyl sites for hydroxylation is 2. The molecular weight excluding hydrogens is 404 g/mol. The maximum Gasteiger partial charge on any atom is 0.311 e. The van der Waals surface area contributed by atoms with E-state index >= 15 is 0 Å². The number of benzene rings is 2. The SMILES string of the molecule is CCc1cccc(CC)c1N1C[C@@H](C(=O)OCC(=O)Nc2cccc(Cl)c2)CC1=O. The fourth-order valence-electron chi connectivity index (χ4n) is 3.66. The van der Waals surface area contributed by atoms with E-state index in [0.29, 0.717) is 10.7 Å². The molecule has 7 heteroatoms. The van der Waals surface area contributed by atoms with Crippen LogP contribution in [0, 0.1) is 5.92 Å². The molecule has 0 saturated carbocycles. The predicted molar refractivity (Wildman–Crippen MR) is 117 cm³/mol. The van der Waals surface area contributed by atoms with E-state index in [1.165, 1.54) is 0 Å². The molecule has 1 fully saturated rings. The lowest BCUT2D eigenvalue weighted by Gasteiger charge is -2.23. The number of nitrogens with one attached hydrogen (secondary N) is 1. The summed E-state index contributed by atoms with van der Waals surface area (Å²) in [6.45, 7) is 3.94. The Morgan fingerprint density at radius 3 is 2.43 bits per heavy atom. The van der Waals surface area contributed by atoms with E-state index in [0.717, 1.165) is 29.7 Å². The number of esters is 1. The lowest BCUT2D eigenvalue weighted by Crippen LogP contribution is -2.29. The van der Waals surface area contributed by atoms with E-state index in [2.05, 4.69) is 5.32 Å². The zero-order valence-electron chi connectivity index (χ0n) is 17.1. The molecule has 0 aliphatic carbocycles. The highest BCUT2D eigenvalue weighted by molar-refractivity contribution is 6.30. The quantitative estimate of drug-likeness (QED) is 0.676. The minimum Gasteiger partial charge on any atom is -0.455 e. The minimum atomic E-state index is -0.592. The second kappa shape index (κ2) is 9.76. The lowest BCUT2D eigenvalue weighted by molar-refractivity contribution is -0.151. The number of para-hydroxylation sites is 1. The van der Waals surface area contributed by atoms with Crippen molar-refractivity contribution in [2.45, 2.75) is 33.1 Å². The highest BCUT2D eigenvalue weighted by Gasteiger charge is 2.37. The van der Waals surface area contributed by atoms with Crippen molar-refractivity contribution in [2.24, 2.45) is 5.92 Å². The molecule has 0 bridgehead atoms. The van der Waals surface area contributed by atoms with Gasteiger partial charge in [0.2, 0.25) is 5.91 Å². The third-order valence-electron chi connectivity index (χ3n) is 5.15. The Hall–Kier alpha value is -2.86. The number of halogens is 1. The maximum atomic E-state index is 12.7.